The van der Waals surface area contributed by atoms with E-state index in [0.29, 0.717) is 70.5 Å². The van der Waals surface area contributed by atoms with Crippen LogP contribution in [0.15, 0.2) is 97.2 Å². The molecule has 0 atom stereocenters. The minimum absolute atomic E-state index is 0.0148. The molecule has 15 heteroatoms. The molecule has 55 heavy (non-hydrogen) atoms. The first-order valence-electron chi connectivity index (χ1n) is 17.2. The van der Waals surface area contributed by atoms with Gasteiger partial charge >= 0.3 is 11.9 Å². The molecule has 0 bridgehead atoms. The van der Waals surface area contributed by atoms with Crippen molar-refractivity contribution in [3.05, 3.63) is 124 Å². The Balaban J connectivity index is 0.000000654. The predicted octanol–water partition coefficient (Wildman–Crippen LogP) is 7.02. The molecule has 1 aliphatic rings. The van der Waals surface area contributed by atoms with Gasteiger partial charge in [-0.3, -0.25) is 14.5 Å². The number of aromatic nitrogens is 2. The second kappa shape index (κ2) is 18.4. The van der Waals surface area contributed by atoms with Crippen LogP contribution in [0.3, 0.4) is 0 Å². The minimum atomic E-state index is -1.26. The summed E-state index contributed by atoms with van der Waals surface area (Å²) >= 11 is 12.1. The molecule has 5 aromatic rings. The third-order valence-electron chi connectivity index (χ3n) is 8.68. The van der Waals surface area contributed by atoms with Crippen molar-refractivity contribution in [2.45, 2.75) is 13.5 Å². The lowest BCUT2D eigenvalue weighted by Gasteiger charge is -2.34. The molecule has 286 valence electrons. The predicted molar refractivity (Wildman–Crippen MR) is 210 cm³/mol. The number of carbonyl (C=O) groups is 4. The summed E-state index contributed by atoms with van der Waals surface area (Å²) in [5, 5.41) is 17.2. The topological polar surface area (TPSA) is 155 Å². The Morgan fingerprint density at radius 1 is 0.855 bits per heavy atom. The number of carbonyl (C=O) groups excluding carboxylic acids is 2. The number of piperazine rings is 1. The van der Waals surface area contributed by atoms with E-state index < -0.39 is 11.9 Å². The first-order valence-corrected chi connectivity index (χ1v) is 17.9. The van der Waals surface area contributed by atoms with Gasteiger partial charge in [-0.1, -0.05) is 35.3 Å². The van der Waals surface area contributed by atoms with Crippen molar-refractivity contribution in [2.24, 2.45) is 7.05 Å². The van der Waals surface area contributed by atoms with Crippen molar-refractivity contribution >= 4 is 63.5 Å². The summed E-state index contributed by atoms with van der Waals surface area (Å²) in [5.41, 5.74) is 3.77. The normalized spacial score (nSPS) is 12.9. The van der Waals surface area contributed by atoms with Crippen LogP contribution in [-0.4, -0.2) is 93.2 Å². The van der Waals surface area contributed by atoms with Gasteiger partial charge in [-0.25, -0.2) is 14.6 Å². The van der Waals surface area contributed by atoms with E-state index in [9.17, 15) is 19.2 Å². The van der Waals surface area contributed by atoms with Gasteiger partial charge in [0.05, 0.1) is 28.5 Å². The fourth-order valence-electron chi connectivity index (χ4n) is 5.86. The number of aliphatic carboxylic acids is 2. The lowest BCUT2D eigenvalue weighted by Crippen LogP contribution is -2.48. The molecular weight excluding hydrogens is 749 g/mol. The number of ether oxygens (including phenoxy) is 2. The van der Waals surface area contributed by atoms with Crippen LogP contribution in [0.25, 0.3) is 10.9 Å². The van der Waals surface area contributed by atoms with Crippen LogP contribution in [0.2, 0.25) is 10.0 Å². The van der Waals surface area contributed by atoms with Gasteiger partial charge in [-0.15, -0.1) is 0 Å². The first kappa shape index (κ1) is 40.3. The Morgan fingerprint density at radius 3 is 2.22 bits per heavy atom. The van der Waals surface area contributed by atoms with Crippen molar-refractivity contribution in [2.75, 3.05) is 44.7 Å². The monoisotopic (exact) mass is 787 g/mol. The summed E-state index contributed by atoms with van der Waals surface area (Å²) in [6.45, 7) is 6.38. The number of benzene rings is 3. The number of amides is 2. The summed E-state index contributed by atoms with van der Waals surface area (Å²) in [6.07, 6.45) is 2.69. The summed E-state index contributed by atoms with van der Waals surface area (Å²) in [5.74, 6) is -0.900. The molecule has 2 aromatic heterocycles. The van der Waals surface area contributed by atoms with Crippen LogP contribution in [0.1, 0.15) is 33.3 Å². The number of fused-ring (bicyclic) bond motifs is 1. The number of aryl methyl sites for hydroxylation is 1. The smallest absolute Gasteiger partial charge is 0.328 e. The molecule has 1 fully saturated rings. The highest BCUT2D eigenvalue weighted by molar-refractivity contribution is 6.42. The van der Waals surface area contributed by atoms with E-state index >= 15 is 0 Å². The van der Waals surface area contributed by atoms with Crippen LogP contribution in [-0.2, 0) is 23.2 Å². The highest BCUT2D eigenvalue weighted by Crippen LogP contribution is 2.29. The maximum atomic E-state index is 13.6. The Morgan fingerprint density at radius 2 is 1.58 bits per heavy atom. The number of nitrogens with zero attached hydrogens (tertiary/aromatic N) is 5. The number of pyridine rings is 1. The van der Waals surface area contributed by atoms with E-state index in [2.05, 4.69) is 22.0 Å². The number of anilines is 1. The van der Waals surface area contributed by atoms with Gasteiger partial charge in [0.1, 0.15) is 17.2 Å². The zero-order chi connectivity index (χ0) is 39.6. The van der Waals surface area contributed by atoms with E-state index in [-0.39, 0.29) is 11.8 Å². The standard InChI is InChI=1S/C36H35Cl2N5O4.C4H4O4/c1-4-46-28-7-5-6-24(18-28)23-42-14-16-43(17-15-42)36(45)33-21-26-19-29(10-12-32(26)41(33)3)47-34-13-9-27(22-39-34)40(2)35(44)25-8-11-30(37)31(38)20-25;5-3(6)1-2-4(7)8/h5-13,18-22H,4,14-17,23H2,1-3H3;1-2H,(H,5,6)(H,7,8). The zero-order valence-electron chi connectivity index (χ0n) is 30.3. The van der Waals surface area contributed by atoms with Gasteiger partial charge < -0.3 is 34.1 Å². The van der Waals surface area contributed by atoms with E-state index in [1.165, 1.54) is 16.5 Å². The molecule has 6 rings (SSSR count). The zero-order valence-corrected chi connectivity index (χ0v) is 31.8. The van der Waals surface area contributed by atoms with Gasteiger partial charge in [0.2, 0.25) is 5.88 Å². The number of carboxylic acids is 2. The van der Waals surface area contributed by atoms with Gasteiger partial charge in [-0.05, 0) is 73.2 Å². The fraction of sp³-hybridized carbons (Fsp3) is 0.225. The van der Waals surface area contributed by atoms with Crippen molar-refractivity contribution in [3.63, 3.8) is 0 Å². The molecule has 1 aliphatic heterocycles. The second-order valence-corrected chi connectivity index (χ2v) is 13.2. The SMILES string of the molecule is CCOc1cccc(CN2CCN(C(=O)c3cc4cc(Oc5ccc(N(C)C(=O)c6ccc(Cl)c(Cl)c6)cn5)ccc4n3C)CC2)c1.O=C(O)C=CC(=O)O. The maximum Gasteiger partial charge on any atom is 0.328 e. The number of carboxylic acid groups (broad SMARTS) is 2. The van der Waals surface area contributed by atoms with Gasteiger partial charge in [0.25, 0.3) is 11.8 Å². The highest BCUT2D eigenvalue weighted by Gasteiger charge is 2.25. The lowest BCUT2D eigenvalue weighted by atomic mass is 10.2. The van der Waals surface area contributed by atoms with Crippen LogP contribution in [0, 0.1) is 0 Å². The second-order valence-electron chi connectivity index (χ2n) is 12.4. The van der Waals surface area contributed by atoms with E-state index in [0.717, 1.165) is 36.3 Å². The fourth-order valence-corrected chi connectivity index (χ4v) is 6.16. The van der Waals surface area contributed by atoms with Crippen LogP contribution >= 0.6 is 23.2 Å². The van der Waals surface area contributed by atoms with Crippen molar-refractivity contribution in [3.8, 4) is 17.4 Å². The largest absolute Gasteiger partial charge is 0.494 e. The number of hydrogen-bond donors (Lipinski definition) is 2. The van der Waals surface area contributed by atoms with E-state index in [4.69, 9.17) is 42.9 Å². The average molecular weight is 789 g/mol. The number of halogens is 2. The van der Waals surface area contributed by atoms with Gasteiger partial charge in [-0.2, -0.15) is 0 Å². The Labute approximate surface area is 327 Å². The summed E-state index contributed by atoms with van der Waals surface area (Å²) < 4.78 is 13.6. The molecule has 0 spiro atoms. The highest BCUT2D eigenvalue weighted by atomic mass is 35.5. The van der Waals surface area contributed by atoms with Crippen molar-refractivity contribution in [1.29, 1.82) is 0 Å². The lowest BCUT2D eigenvalue weighted by molar-refractivity contribution is -0.134. The Kier molecular flexibility index (Phi) is 13.5. The van der Waals surface area contributed by atoms with Crippen molar-refractivity contribution < 1.29 is 38.9 Å². The molecule has 0 saturated carbocycles. The van der Waals surface area contributed by atoms with Gasteiger partial charge in [0.15, 0.2) is 0 Å². The van der Waals surface area contributed by atoms with Crippen LogP contribution < -0.4 is 14.4 Å². The molecule has 2 amide bonds. The quantitative estimate of drug-likeness (QED) is 0.134. The number of hydrogen-bond acceptors (Lipinski definition) is 8. The first-order chi connectivity index (χ1) is 26.3. The van der Waals surface area contributed by atoms with E-state index in [1.54, 1.807) is 37.5 Å². The maximum absolute atomic E-state index is 13.6. The third-order valence-corrected chi connectivity index (χ3v) is 9.42. The average Bonchev–Trinajstić information content (AvgIpc) is 3.50. The van der Waals surface area contributed by atoms with Crippen LogP contribution in [0.4, 0.5) is 5.69 Å². The Bertz CT molecular complexity index is 2200. The summed E-state index contributed by atoms with van der Waals surface area (Å²) in [4.78, 5) is 55.8. The van der Waals surface area contributed by atoms with E-state index in [1.807, 2.05) is 59.8 Å². The number of rotatable bonds is 11. The molecule has 0 radical (unpaired) electrons. The molecule has 3 heterocycles. The molecule has 1 saturated heterocycles. The molecule has 13 nitrogen and oxygen atoms in total. The summed E-state index contributed by atoms with van der Waals surface area (Å²) in [6, 6.07) is 24.0. The molecule has 3 aromatic carbocycles. The Hall–Kier alpha value is -5.89. The third kappa shape index (κ3) is 10.6. The molecule has 2 N–H and O–H groups in total. The molecule has 0 unspecified atom stereocenters. The summed E-state index contributed by atoms with van der Waals surface area (Å²) in [7, 11) is 3.57. The minimum Gasteiger partial charge on any atom is -0.494 e. The van der Waals surface area contributed by atoms with Crippen molar-refractivity contribution in [1.82, 2.24) is 19.4 Å². The van der Waals surface area contributed by atoms with Gasteiger partial charge in [0, 0.05) is 81.5 Å². The molecule has 0 aliphatic carbocycles. The van der Waals surface area contributed by atoms with Crippen LogP contribution in [0.5, 0.6) is 17.4 Å². The molecular formula is C40H39Cl2N5O8.